The van der Waals surface area contributed by atoms with E-state index in [0.29, 0.717) is 5.69 Å². The number of amides is 1. The van der Waals surface area contributed by atoms with Crippen LogP contribution in [0.1, 0.15) is 15.9 Å². The van der Waals surface area contributed by atoms with Gasteiger partial charge in [0, 0.05) is 11.8 Å². The van der Waals surface area contributed by atoms with Crippen molar-refractivity contribution in [3.8, 4) is 0 Å². The fourth-order valence-corrected chi connectivity index (χ4v) is 2.34. The number of nitrogens with one attached hydrogen (secondary N) is 2. The SMILES string of the molecule is O=C(NOCc1ccccc1)c1cc(F)c(F)cc1Nc1ccc(F)cc1. The van der Waals surface area contributed by atoms with Gasteiger partial charge in [-0.25, -0.2) is 18.7 Å². The number of hydrogen-bond acceptors (Lipinski definition) is 3. The molecule has 0 fully saturated rings. The van der Waals surface area contributed by atoms with Crippen LogP contribution in [0.25, 0.3) is 0 Å². The van der Waals surface area contributed by atoms with E-state index in [2.05, 4.69) is 10.8 Å². The molecule has 7 heteroatoms. The van der Waals surface area contributed by atoms with E-state index in [1.807, 2.05) is 30.3 Å². The summed E-state index contributed by atoms with van der Waals surface area (Å²) in [5.74, 6) is -3.50. The topological polar surface area (TPSA) is 50.4 Å². The lowest BCUT2D eigenvalue weighted by Crippen LogP contribution is -2.24. The summed E-state index contributed by atoms with van der Waals surface area (Å²) >= 11 is 0. The van der Waals surface area contributed by atoms with Gasteiger partial charge in [-0.3, -0.25) is 9.63 Å². The van der Waals surface area contributed by atoms with Crippen molar-refractivity contribution in [1.29, 1.82) is 0 Å². The Bertz CT molecular complexity index is 932. The Labute approximate surface area is 153 Å². The largest absolute Gasteiger partial charge is 0.355 e. The summed E-state index contributed by atoms with van der Waals surface area (Å²) in [5, 5.41) is 2.77. The summed E-state index contributed by atoms with van der Waals surface area (Å²) in [6.45, 7) is 0.108. The van der Waals surface area contributed by atoms with Crippen LogP contribution in [0.4, 0.5) is 24.5 Å². The molecule has 27 heavy (non-hydrogen) atoms. The molecule has 0 spiro atoms. The molecule has 0 saturated heterocycles. The van der Waals surface area contributed by atoms with Crippen LogP contribution in [0, 0.1) is 17.5 Å². The first kappa shape index (κ1) is 18.5. The second kappa shape index (κ2) is 8.37. The summed E-state index contributed by atoms with van der Waals surface area (Å²) < 4.78 is 40.3. The maximum Gasteiger partial charge on any atom is 0.277 e. The van der Waals surface area contributed by atoms with Crippen molar-refractivity contribution in [3.63, 3.8) is 0 Å². The lowest BCUT2D eigenvalue weighted by atomic mass is 10.1. The summed E-state index contributed by atoms with van der Waals surface area (Å²) in [6, 6.07) is 15.9. The van der Waals surface area contributed by atoms with Crippen LogP contribution in [0.5, 0.6) is 0 Å². The molecule has 3 aromatic carbocycles. The van der Waals surface area contributed by atoms with Crippen LogP contribution in [-0.2, 0) is 11.4 Å². The van der Waals surface area contributed by atoms with E-state index in [4.69, 9.17) is 4.84 Å². The number of halogens is 3. The van der Waals surface area contributed by atoms with Crippen molar-refractivity contribution in [2.75, 3.05) is 5.32 Å². The zero-order valence-electron chi connectivity index (χ0n) is 14.0. The molecule has 0 saturated carbocycles. The van der Waals surface area contributed by atoms with Crippen molar-refractivity contribution in [3.05, 3.63) is 95.3 Å². The normalized spacial score (nSPS) is 10.5. The molecule has 0 unspecified atom stereocenters. The van der Waals surface area contributed by atoms with Crippen molar-refractivity contribution >= 4 is 17.3 Å². The highest BCUT2D eigenvalue weighted by atomic mass is 19.2. The number of carbonyl (C=O) groups is 1. The van der Waals surface area contributed by atoms with Gasteiger partial charge in [-0.05, 0) is 35.9 Å². The van der Waals surface area contributed by atoms with Gasteiger partial charge in [0.05, 0.1) is 17.9 Å². The molecule has 3 aromatic rings. The van der Waals surface area contributed by atoms with Crippen LogP contribution in [0.15, 0.2) is 66.7 Å². The minimum atomic E-state index is -1.17. The summed E-state index contributed by atoms with van der Waals surface area (Å²) in [4.78, 5) is 17.5. The van der Waals surface area contributed by atoms with Crippen LogP contribution in [0.2, 0.25) is 0 Å². The molecular formula is C20H15F3N2O2. The third-order valence-electron chi connectivity index (χ3n) is 3.67. The van der Waals surface area contributed by atoms with Crippen LogP contribution in [0.3, 0.4) is 0 Å². The van der Waals surface area contributed by atoms with E-state index in [1.54, 1.807) is 0 Å². The first-order valence-electron chi connectivity index (χ1n) is 8.00. The van der Waals surface area contributed by atoms with Gasteiger partial charge in [-0.1, -0.05) is 30.3 Å². The Morgan fingerprint density at radius 1 is 0.889 bits per heavy atom. The average molecular weight is 372 g/mol. The van der Waals surface area contributed by atoms with Crippen LogP contribution >= 0.6 is 0 Å². The Morgan fingerprint density at radius 3 is 2.26 bits per heavy atom. The van der Waals surface area contributed by atoms with Crippen LogP contribution < -0.4 is 10.8 Å². The van der Waals surface area contributed by atoms with Gasteiger partial charge in [0.1, 0.15) is 5.82 Å². The number of rotatable bonds is 6. The molecule has 2 N–H and O–H groups in total. The molecule has 0 aromatic heterocycles. The maximum atomic E-state index is 13.6. The van der Waals surface area contributed by atoms with E-state index < -0.39 is 23.4 Å². The second-order valence-corrected chi connectivity index (χ2v) is 5.65. The van der Waals surface area contributed by atoms with Crippen molar-refractivity contribution in [2.24, 2.45) is 0 Å². The number of anilines is 2. The fraction of sp³-hybridized carbons (Fsp3) is 0.0500. The molecule has 3 rings (SSSR count). The lowest BCUT2D eigenvalue weighted by molar-refractivity contribution is 0.0234. The Hall–Kier alpha value is -3.32. The van der Waals surface area contributed by atoms with E-state index in [-0.39, 0.29) is 17.9 Å². The molecule has 0 heterocycles. The minimum Gasteiger partial charge on any atom is -0.355 e. The average Bonchev–Trinajstić information content (AvgIpc) is 2.67. The smallest absolute Gasteiger partial charge is 0.277 e. The first-order chi connectivity index (χ1) is 13.0. The summed E-state index contributed by atoms with van der Waals surface area (Å²) in [7, 11) is 0. The standard InChI is InChI=1S/C20H15F3N2O2/c21-14-6-8-15(9-7-14)24-19-11-18(23)17(22)10-16(19)20(26)25-27-12-13-4-2-1-3-5-13/h1-11,24H,12H2,(H,25,26). The molecule has 0 atom stereocenters. The van der Waals surface area contributed by atoms with E-state index >= 15 is 0 Å². The molecule has 0 radical (unpaired) electrons. The highest BCUT2D eigenvalue weighted by Gasteiger charge is 2.17. The maximum absolute atomic E-state index is 13.6. The Kier molecular flexibility index (Phi) is 5.73. The Morgan fingerprint density at radius 2 is 1.56 bits per heavy atom. The van der Waals surface area contributed by atoms with Gasteiger partial charge in [0.25, 0.3) is 5.91 Å². The highest BCUT2D eigenvalue weighted by molar-refractivity contribution is 5.99. The third kappa shape index (κ3) is 4.86. The van der Waals surface area contributed by atoms with Gasteiger partial charge >= 0.3 is 0 Å². The van der Waals surface area contributed by atoms with Crippen molar-refractivity contribution in [2.45, 2.75) is 6.61 Å². The zero-order chi connectivity index (χ0) is 19.2. The molecule has 1 amide bonds. The molecule has 4 nitrogen and oxygen atoms in total. The predicted octanol–water partition coefficient (Wildman–Crippen LogP) is 4.71. The van der Waals surface area contributed by atoms with E-state index in [1.165, 1.54) is 24.3 Å². The van der Waals surface area contributed by atoms with Gasteiger partial charge in [-0.15, -0.1) is 0 Å². The van der Waals surface area contributed by atoms with Crippen molar-refractivity contribution in [1.82, 2.24) is 5.48 Å². The molecule has 0 bridgehead atoms. The molecular weight excluding hydrogens is 357 g/mol. The second-order valence-electron chi connectivity index (χ2n) is 5.65. The van der Waals surface area contributed by atoms with Crippen molar-refractivity contribution < 1.29 is 22.8 Å². The summed E-state index contributed by atoms with van der Waals surface area (Å²) in [6.07, 6.45) is 0. The number of benzene rings is 3. The van der Waals surface area contributed by atoms with Gasteiger partial charge in [0.2, 0.25) is 0 Å². The van der Waals surface area contributed by atoms with E-state index in [9.17, 15) is 18.0 Å². The quantitative estimate of drug-likeness (QED) is 0.616. The van der Waals surface area contributed by atoms with Gasteiger partial charge < -0.3 is 5.32 Å². The third-order valence-corrected chi connectivity index (χ3v) is 3.67. The van der Waals surface area contributed by atoms with Gasteiger partial charge in [-0.2, -0.15) is 0 Å². The van der Waals surface area contributed by atoms with E-state index in [0.717, 1.165) is 17.7 Å². The number of hydroxylamine groups is 1. The molecule has 0 aliphatic rings. The minimum absolute atomic E-state index is 0.0151. The zero-order valence-corrected chi connectivity index (χ0v) is 14.0. The highest BCUT2D eigenvalue weighted by Crippen LogP contribution is 2.24. The fourth-order valence-electron chi connectivity index (χ4n) is 2.34. The molecule has 0 aliphatic carbocycles. The monoisotopic (exact) mass is 372 g/mol. The molecule has 138 valence electrons. The van der Waals surface area contributed by atoms with Crippen LogP contribution in [-0.4, -0.2) is 5.91 Å². The number of carbonyl (C=O) groups excluding carboxylic acids is 1. The van der Waals surface area contributed by atoms with Gasteiger partial charge in [0.15, 0.2) is 11.6 Å². The Balaban J connectivity index is 1.75. The molecule has 0 aliphatic heterocycles. The number of hydrogen-bond donors (Lipinski definition) is 2. The predicted molar refractivity (Wildman–Crippen MR) is 94.7 cm³/mol. The summed E-state index contributed by atoms with van der Waals surface area (Å²) in [5.41, 5.74) is 3.29. The lowest BCUT2D eigenvalue weighted by Gasteiger charge is -2.13. The first-order valence-corrected chi connectivity index (χ1v) is 8.00.